The highest BCUT2D eigenvalue weighted by Crippen LogP contribution is 2.13. The van der Waals surface area contributed by atoms with Crippen molar-refractivity contribution in [2.75, 3.05) is 7.11 Å². The molecule has 0 spiro atoms. The first-order valence-electron chi connectivity index (χ1n) is 8.18. The van der Waals surface area contributed by atoms with Crippen LogP contribution in [0.15, 0.2) is 33.9 Å². The van der Waals surface area contributed by atoms with E-state index in [2.05, 4.69) is 22.7 Å². The van der Waals surface area contributed by atoms with E-state index in [9.17, 15) is 14.9 Å². The molecule has 0 bridgehead atoms. The number of aryl methyl sites for hydroxylation is 1. The van der Waals surface area contributed by atoms with Crippen LogP contribution in [0.25, 0.3) is 11.2 Å². The molecular weight excluding hydrogens is 358 g/mol. The molecule has 0 aliphatic heterocycles. The fourth-order valence-electron chi connectivity index (χ4n) is 2.75. The molecule has 3 aromatic rings. The lowest BCUT2D eigenvalue weighted by molar-refractivity contribution is 0.414. The summed E-state index contributed by atoms with van der Waals surface area (Å²) in [5.41, 5.74) is -0.256. The fraction of sp³-hybridized carbons (Fsp3) is 0.200. The molecule has 8 nitrogen and oxygen atoms in total. The Labute approximate surface area is 160 Å². The lowest BCUT2D eigenvalue weighted by Gasteiger charge is -2.06. The molecule has 0 saturated carbocycles. The SMILES string of the molecule is C#CCn1c(=O)c2c(nc(C#Cc3cccc(OC)c3)n2CC#N)n(C)c1=O. The van der Waals surface area contributed by atoms with Gasteiger partial charge in [-0.3, -0.25) is 13.9 Å². The van der Waals surface area contributed by atoms with Crippen LogP contribution in [0.2, 0.25) is 0 Å². The summed E-state index contributed by atoms with van der Waals surface area (Å²) in [6, 6.07) is 9.12. The Morgan fingerprint density at radius 1 is 1.21 bits per heavy atom. The summed E-state index contributed by atoms with van der Waals surface area (Å²) >= 11 is 0. The molecule has 0 aliphatic carbocycles. The van der Waals surface area contributed by atoms with Gasteiger partial charge in [0.25, 0.3) is 5.56 Å². The third kappa shape index (κ3) is 3.13. The van der Waals surface area contributed by atoms with Gasteiger partial charge in [0.1, 0.15) is 12.3 Å². The minimum atomic E-state index is -0.603. The average molecular weight is 373 g/mol. The fourth-order valence-corrected chi connectivity index (χ4v) is 2.75. The van der Waals surface area contributed by atoms with E-state index in [1.807, 2.05) is 6.07 Å². The zero-order valence-corrected chi connectivity index (χ0v) is 15.3. The Morgan fingerprint density at radius 3 is 2.68 bits per heavy atom. The quantitative estimate of drug-likeness (QED) is 0.622. The second kappa shape index (κ2) is 7.57. The summed E-state index contributed by atoms with van der Waals surface area (Å²) in [6.07, 6.45) is 5.26. The number of methoxy groups -OCH3 is 1. The lowest BCUT2D eigenvalue weighted by atomic mass is 10.2. The number of nitriles is 1. The number of hydrogen-bond acceptors (Lipinski definition) is 5. The van der Waals surface area contributed by atoms with Crippen molar-refractivity contribution < 1.29 is 4.74 Å². The summed E-state index contributed by atoms with van der Waals surface area (Å²) in [5.74, 6) is 8.95. The Balaban J connectivity index is 2.28. The third-order valence-electron chi connectivity index (χ3n) is 4.10. The van der Waals surface area contributed by atoms with Crippen molar-refractivity contribution in [3.8, 4) is 36.0 Å². The van der Waals surface area contributed by atoms with E-state index in [0.29, 0.717) is 11.3 Å². The minimum absolute atomic E-state index is 0.105. The number of benzene rings is 1. The Bertz CT molecular complexity index is 1330. The summed E-state index contributed by atoms with van der Waals surface area (Å²) in [5, 5.41) is 9.19. The van der Waals surface area contributed by atoms with Crippen molar-refractivity contribution in [3.63, 3.8) is 0 Å². The van der Waals surface area contributed by atoms with Crippen molar-refractivity contribution in [2.45, 2.75) is 13.1 Å². The number of ether oxygens (including phenoxy) is 1. The zero-order valence-electron chi connectivity index (χ0n) is 15.3. The van der Waals surface area contributed by atoms with E-state index < -0.39 is 11.2 Å². The molecule has 1 aromatic carbocycles. The molecule has 0 fully saturated rings. The van der Waals surface area contributed by atoms with E-state index in [0.717, 1.165) is 4.57 Å². The highest BCUT2D eigenvalue weighted by Gasteiger charge is 2.19. The second-order valence-electron chi connectivity index (χ2n) is 5.77. The molecule has 0 amide bonds. The van der Waals surface area contributed by atoms with E-state index >= 15 is 0 Å². The molecule has 0 atom stereocenters. The van der Waals surface area contributed by atoms with Gasteiger partial charge in [-0.15, -0.1) is 6.42 Å². The van der Waals surface area contributed by atoms with Crippen LogP contribution in [0.1, 0.15) is 11.4 Å². The van der Waals surface area contributed by atoms with Gasteiger partial charge in [0.2, 0.25) is 0 Å². The van der Waals surface area contributed by atoms with Gasteiger partial charge < -0.3 is 4.74 Å². The van der Waals surface area contributed by atoms with Crippen LogP contribution in [0, 0.1) is 35.5 Å². The van der Waals surface area contributed by atoms with Gasteiger partial charge in [0, 0.05) is 12.6 Å². The summed E-state index contributed by atoms with van der Waals surface area (Å²) < 4.78 is 8.70. The molecule has 2 heterocycles. The van der Waals surface area contributed by atoms with Gasteiger partial charge in [-0.1, -0.05) is 17.9 Å². The highest BCUT2D eigenvalue weighted by molar-refractivity contribution is 5.72. The van der Waals surface area contributed by atoms with Gasteiger partial charge >= 0.3 is 5.69 Å². The van der Waals surface area contributed by atoms with Crippen molar-refractivity contribution in [1.29, 1.82) is 5.26 Å². The number of hydrogen-bond donors (Lipinski definition) is 0. The number of nitrogens with zero attached hydrogens (tertiary/aromatic N) is 5. The molecule has 0 aliphatic rings. The number of imidazole rings is 1. The zero-order chi connectivity index (χ0) is 20.3. The second-order valence-corrected chi connectivity index (χ2v) is 5.77. The molecular formula is C20H15N5O3. The predicted molar refractivity (Wildman–Crippen MR) is 103 cm³/mol. The molecule has 0 radical (unpaired) electrons. The van der Waals surface area contributed by atoms with Gasteiger partial charge in [-0.05, 0) is 24.1 Å². The van der Waals surface area contributed by atoms with E-state index in [4.69, 9.17) is 11.2 Å². The van der Waals surface area contributed by atoms with Crippen LogP contribution in [0.5, 0.6) is 5.75 Å². The van der Waals surface area contributed by atoms with Crippen molar-refractivity contribution in [3.05, 3.63) is 56.5 Å². The highest BCUT2D eigenvalue weighted by atomic mass is 16.5. The maximum atomic E-state index is 12.8. The smallest absolute Gasteiger partial charge is 0.333 e. The first-order chi connectivity index (χ1) is 13.5. The molecule has 28 heavy (non-hydrogen) atoms. The maximum Gasteiger partial charge on any atom is 0.333 e. The molecule has 2 aromatic heterocycles. The van der Waals surface area contributed by atoms with Crippen LogP contribution in [-0.2, 0) is 20.1 Å². The number of fused-ring (bicyclic) bond motifs is 1. The van der Waals surface area contributed by atoms with Crippen LogP contribution in [0.3, 0.4) is 0 Å². The molecule has 8 heteroatoms. The van der Waals surface area contributed by atoms with Crippen molar-refractivity contribution >= 4 is 11.2 Å². The first kappa shape index (κ1) is 18.6. The van der Waals surface area contributed by atoms with E-state index in [1.54, 1.807) is 31.4 Å². The molecule has 3 rings (SSSR count). The van der Waals surface area contributed by atoms with E-state index in [-0.39, 0.29) is 30.1 Å². The molecule has 0 N–H and O–H groups in total. The lowest BCUT2D eigenvalue weighted by Crippen LogP contribution is -2.39. The van der Waals surface area contributed by atoms with Crippen LogP contribution in [0.4, 0.5) is 0 Å². The molecule has 138 valence electrons. The van der Waals surface area contributed by atoms with Gasteiger partial charge in [0.15, 0.2) is 17.0 Å². The number of aromatic nitrogens is 4. The topological polar surface area (TPSA) is 94.8 Å². The summed E-state index contributed by atoms with van der Waals surface area (Å²) in [7, 11) is 3.04. The standard InChI is InChI=1S/C20H15N5O3/c1-4-11-25-19(26)17-18(23(2)20(25)27)22-16(24(17)12-10-21)9-8-14-6-5-7-15(13-14)28-3/h1,5-7,13H,11-12H2,2-3H3. The van der Waals surface area contributed by atoms with Gasteiger partial charge in [-0.25, -0.2) is 14.3 Å². The Kier molecular flexibility index (Phi) is 5.02. The Morgan fingerprint density at radius 2 is 2.00 bits per heavy atom. The first-order valence-corrected chi connectivity index (χ1v) is 8.18. The predicted octanol–water partition coefficient (Wildman–Crippen LogP) is 0.462. The average Bonchev–Trinajstić information content (AvgIpc) is 3.07. The van der Waals surface area contributed by atoms with Crippen LogP contribution >= 0.6 is 0 Å². The largest absolute Gasteiger partial charge is 0.497 e. The molecule has 0 saturated heterocycles. The van der Waals surface area contributed by atoms with Crippen molar-refractivity contribution in [2.24, 2.45) is 7.05 Å². The number of terminal acetylenes is 1. The van der Waals surface area contributed by atoms with Crippen LogP contribution < -0.4 is 16.0 Å². The van der Waals surface area contributed by atoms with Gasteiger partial charge in [0.05, 0.1) is 19.7 Å². The van der Waals surface area contributed by atoms with E-state index in [1.165, 1.54) is 16.2 Å². The summed E-state index contributed by atoms with van der Waals surface area (Å²) in [4.78, 5) is 29.5. The maximum absolute atomic E-state index is 12.8. The summed E-state index contributed by atoms with van der Waals surface area (Å²) in [6.45, 7) is -0.327. The van der Waals surface area contributed by atoms with Crippen LogP contribution in [-0.4, -0.2) is 25.8 Å². The monoisotopic (exact) mass is 373 g/mol. The van der Waals surface area contributed by atoms with Crippen molar-refractivity contribution in [1.82, 2.24) is 18.7 Å². The molecule has 0 unspecified atom stereocenters. The third-order valence-corrected chi connectivity index (χ3v) is 4.10. The van der Waals surface area contributed by atoms with Gasteiger partial charge in [-0.2, -0.15) is 5.26 Å². The normalized spacial score (nSPS) is 10.0. The Hall–Kier alpha value is -4.22. The number of rotatable bonds is 3. The minimum Gasteiger partial charge on any atom is -0.497 e.